The van der Waals surface area contributed by atoms with Gasteiger partial charge < -0.3 is 15.6 Å². The highest BCUT2D eigenvalue weighted by Crippen LogP contribution is 2.34. The lowest BCUT2D eigenvalue weighted by Crippen LogP contribution is -2.44. The lowest BCUT2D eigenvalue weighted by Gasteiger charge is -2.21. The number of pyridine rings is 1. The van der Waals surface area contributed by atoms with E-state index in [1.165, 1.54) is 0 Å². The van der Waals surface area contributed by atoms with E-state index in [-0.39, 0.29) is 10.8 Å². The van der Waals surface area contributed by atoms with Crippen LogP contribution in [0.4, 0.5) is 0 Å². The van der Waals surface area contributed by atoms with Crippen molar-refractivity contribution in [3.05, 3.63) is 41.9 Å². The minimum absolute atomic E-state index is 0.117. The Bertz CT molecular complexity index is 1230. The number of carbonyl (C=O) groups is 1. The number of aromatic nitrogens is 2. The predicted molar refractivity (Wildman–Crippen MR) is 120 cm³/mol. The number of hydrogen-bond donors (Lipinski definition) is 3. The van der Waals surface area contributed by atoms with E-state index in [0.29, 0.717) is 53.9 Å². The molecule has 9 nitrogen and oxygen atoms in total. The van der Waals surface area contributed by atoms with Crippen LogP contribution < -0.4 is 15.8 Å². The summed E-state index contributed by atoms with van der Waals surface area (Å²) in [5, 5.41) is 7.27. The second kappa shape index (κ2) is 8.97. The van der Waals surface area contributed by atoms with E-state index in [0.717, 1.165) is 12.0 Å². The quantitative estimate of drug-likeness (QED) is 0.493. The van der Waals surface area contributed by atoms with E-state index in [1.807, 2.05) is 13.0 Å². The third kappa shape index (κ3) is 4.25. The molecule has 2 atom stereocenters. The van der Waals surface area contributed by atoms with E-state index in [1.54, 1.807) is 31.3 Å². The van der Waals surface area contributed by atoms with Crippen LogP contribution in [0, 0.1) is 19.8 Å². The molecular weight excluding hydrogens is 430 g/mol. The van der Waals surface area contributed by atoms with Gasteiger partial charge in [0.25, 0.3) is 0 Å². The van der Waals surface area contributed by atoms with Crippen molar-refractivity contribution in [3.8, 4) is 11.1 Å². The van der Waals surface area contributed by atoms with Crippen LogP contribution >= 0.6 is 0 Å². The highest BCUT2D eigenvalue weighted by Gasteiger charge is 2.36. The molecule has 1 aliphatic carbocycles. The number of aryl methyl sites for hydroxylation is 2. The van der Waals surface area contributed by atoms with E-state index < -0.39 is 22.0 Å². The van der Waals surface area contributed by atoms with Gasteiger partial charge in [0.2, 0.25) is 15.9 Å². The van der Waals surface area contributed by atoms with E-state index in [9.17, 15) is 13.2 Å². The van der Waals surface area contributed by atoms with Crippen molar-refractivity contribution in [2.45, 2.75) is 44.0 Å². The van der Waals surface area contributed by atoms with Crippen LogP contribution in [-0.2, 0) is 14.8 Å². The Morgan fingerprint density at radius 3 is 2.81 bits per heavy atom. The summed E-state index contributed by atoms with van der Waals surface area (Å²) in [6.45, 7) is 4.30. The number of fused-ring (bicyclic) bond motifs is 1. The summed E-state index contributed by atoms with van der Waals surface area (Å²) in [6, 6.07) is 6.41. The molecule has 2 aromatic heterocycles. The van der Waals surface area contributed by atoms with Crippen molar-refractivity contribution < 1.29 is 17.7 Å². The van der Waals surface area contributed by atoms with E-state index in [2.05, 4.69) is 20.2 Å². The molecular formula is C22H27N5O4S. The van der Waals surface area contributed by atoms with Crippen LogP contribution in [0.15, 0.2) is 39.9 Å². The van der Waals surface area contributed by atoms with Gasteiger partial charge in [-0.3, -0.25) is 9.78 Å². The summed E-state index contributed by atoms with van der Waals surface area (Å²) in [4.78, 5) is 17.0. The second-order valence-electron chi connectivity index (χ2n) is 8.09. The van der Waals surface area contributed by atoms with Crippen molar-refractivity contribution >= 4 is 26.8 Å². The number of hydrogen-bond acceptors (Lipinski definition) is 7. The molecule has 10 heteroatoms. The summed E-state index contributed by atoms with van der Waals surface area (Å²) < 4.78 is 35.2. The van der Waals surface area contributed by atoms with Gasteiger partial charge >= 0.3 is 0 Å². The Kier molecular flexibility index (Phi) is 6.27. The Hall–Kier alpha value is -2.82. The van der Waals surface area contributed by atoms with Crippen molar-refractivity contribution in [2.24, 2.45) is 11.7 Å². The molecule has 2 heterocycles. The normalized spacial score (nSPS) is 18.8. The number of rotatable bonds is 7. The van der Waals surface area contributed by atoms with Crippen LogP contribution in [0.2, 0.25) is 0 Å². The van der Waals surface area contributed by atoms with Gasteiger partial charge in [-0.15, -0.1) is 0 Å². The van der Waals surface area contributed by atoms with E-state index >= 15 is 0 Å². The number of amides is 1. The van der Waals surface area contributed by atoms with Gasteiger partial charge in [-0.1, -0.05) is 11.6 Å². The molecule has 0 saturated heterocycles. The number of carbonyl (C=O) groups excluding carboxylic acids is 1. The molecule has 4 N–H and O–H groups in total. The summed E-state index contributed by atoms with van der Waals surface area (Å²) >= 11 is 0. The predicted octanol–water partition coefficient (Wildman–Crippen LogP) is 2.03. The highest BCUT2D eigenvalue weighted by molar-refractivity contribution is 7.89. The fourth-order valence-electron chi connectivity index (χ4n) is 4.41. The molecule has 3 aromatic rings. The van der Waals surface area contributed by atoms with Gasteiger partial charge in [-0.2, -0.15) is 0 Å². The van der Waals surface area contributed by atoms with Gasteiger partial charge in [0.1, 0.15) is 5.76 Å². The molecule has 1 fully saturated rings. The molecule has 0 bridgehead atoms. The Balaban J connectivity index is 1.74. The molecule has 1 amide bonds. The minimum Gasteiger partial charge on any atom is -0.361 e. The number of nitrogens with two attached hydrogens (primary N) is 1. The largest absolute Gasteiger partial charge is 0.361 e. The fourth-order valence-corrected chi connectivity index (χ4v) is 5.97. The molecule has 1 saturated carbocycles. The number of nitrogens with one attached hydrogen (secondary N) is 2. The first-order valence-electron chi connectivity index (χ1n) is 10.6. The summed E-state index contributed by atoms with van der Waals surface area (Å²) in [6.07, 6.45) is 3.62. The smallest absolute Gasteiger partial charge is 0.241 e. The summed E-state index contributed by atoms with van der Waals surface area (Å²) in [5.41, 5.74) is 8.10. The zero-order valence-electron chi connectivity index (χ0n) is 18.1. The van der Waals surface area contributed by atoms with Crippen molar-refractivity contribution in [2.75, 3.05) is 13.1 Å². The fraction of sp³-hybridized carbons (Fsp3) is 0.409. The molecule has 0 aliphatic heterocycles. The van der Waals surface area contributed by atoms with Crippen LogP contribution in [0.1, 0.15) is 30.7 Å². The van der Waals surface area contributed by atoms with Gasteiger partial charge in [-0.25, -0.2) is 13.1 Å². The molecule has 4 rings (SSSR count). The average molecular weight is 458 g/mol. The molecule has 0 radical (unpaired) electrons. The maximum absolute atomic E-state index is 13.5. The van der Waals surface area contributed by atoms with Crippen LogP contribution in [0.25, 0.3) is 22.0 Å². The first-order chi connectivity index (χ1) is 15.3. The maximum atomic E-state index is 13.5. The molecule has 32 heavy (non-hydrogen) atoms. The summed E-state index contributed by atoms with van der Waals surface area (Å²) in [7, 11) is -3.94. The van der Waals surface area contributed by atoms with Gasteiger partial charge in [-0.05, 0) is 56.5 Å². The molecule has 1 aromatic carbocycles. The Morgan fingerprint density at radius 2 is 2.09 bits per heavy atom. The highest BCUT2D eigenvalue weighted by atomic mass is 32.2. The van der Waals surface area contributed by atoms with Crippen molar-refractivity contribution in [3.63, 3.8) is 0 Å². The lowest BCUT2D eigenvalue weighted by molar-refractivity contribution is -0.125. The van der Waals surface area contributed by atoms with Gasteiger partial charge in [0.15, 0.2) is 0 Å². The molecule has 0 spiro atoms. The first-order valence-corrected chi connectivity index (χ1v) is 12.1. The van der Waals surface area contributed by atoms with Gasteiger partial charge in [0.05, 0.1) is 22.0 Å². The molecule has 0 unspecified atom stereocenters. The minimum atomic E-state index is -3.94. The number of nitrogens with zero attached hydrogens (tertiary/aromatic N) is 2. The third-order valence-electron chi connectivity index (χ3n) is 5.90. The SMILES string of the molecule is Cc1noc(C)c1-c1cc(S(=O)(=O)N[C@@H]2CCC[C@H]2C(=O)NCCN)c2cccnc2c1. The second-order valence-corrected chi connectivity index (χ2v) is 9.77. The molecule has 170 valence electrons. The lowest BCUT2D eigenvalue weighted by atomic mass is 10.0. The zero-order chi connectivity index (χ0) is 22.9. The van der Waals surface area contributed by atoms with Crippen molar-refractivity contribution in [1.29, 1.82) is 0 Å². The Labute approximate surface area is 186 Å². The maximum Gasteiger partial charge on any atom is 0.241 e. The standard InChI is InChI=1S/C22H27N5O4S/c1-13-21(14(2)31-26-13)15-11-19-16(6-4-9-24-19)20(12-15)32(29,30)27-18-7-3-5-17(18)22(28)25-10-8-23/h4,6,9,11-12,17-18,27H,3,5,7-8,10,23H2,1-2H3,(H,25,28)/t17-,18-/m1/s1. The van der Waals surface area contributed by atoms with Gasteiger partial charge in [0, 0.05) is 36.3 Å². The van der Waals surface area contributed by atoms with Crippen LogP contribution in [-0.4, -0.2) is 43.6 Å². The zero-order valence-corrected chi connectivity index (χ0v) is 18.9. The van der Waals surface area contributed by atoms with Crippen molar-refractivity contribution in [1.82, 2.24) is 20.2 Å². The van der Waals surface area contributed by atoms with Crippen LogP contribution in [0.5, 0.6) is 0 Å². The monoisotopic (exact) mass is 457 g/mol. The summed E-state index contributed by atoms with van der Waals surface area (Å²) in [5.74, 6) is 0.00428. The van der Waals surface area contributed by atoms with E-state index in [4.69, 9.17) is 10.3 Å². The molecule has 1 aliphatic rings. The topological polar surface area (TPSA) is 140 Å². The van der Waals surface area contributed by atoms with Crippen LogP contribution in [0.3, 0.4) is 0 Å². The third-order valence-corrected chi connectivity index (χ3v) is 7.43. The number of sulfonamides is 1. The number of benzene rings is 1. The average Bonchev–Trinajstić information content (AvgIpc) is 3.36. The Morgan fingerprint density at radius 1 is 1.28 bits per heavy atom. The first kappa shape index (κ1) is 22.4.